The average Bonchev–Trinajstić information content (AvgIpc) is 3.08. The summed E-state index contributed by atoms with van der Waals surface area (Å²) in [6.45, 7) is 1.80. The summed E-state index contributed by atoms with van der Waals surface area (Å²) in [6.07, 6.45) is 0. The van der Waals surface area contributed by atoms with Crippen LogP contribution in [0.3, 0.4) is 0 Å². The minimum absolute atomic E-state index is 0.145. The Bertz CT molecular complexity index is 1190. The van der Waals surface area contributed by atoms with E-state index in [1.165, 1.54) is 16.4 Å². The fraction of sp³-hybridized carbons (Fsp3) is 0.0952. The molecule has 1 amide bonds. The van der Waals surface area contributed by atoms with Gasteiger partial charge in [-0.1, -0.05) is 71.9 Å². The number of carbonyl (C=O) groups is 1. The van der Waals surface area contributed by atoms with Crippen LogP contribution in [0.5, 0.6) is 0 Å². The molecule has 29 heavy (non-hydrogen) atoms. The van der Waals surface area contributed by atoms with Crippen LogP contribution in [0.1, 0.15) is 6.92 Å². The molecule has 0 saturated carbocycles. The van der Waals surface area contributed by atoms with Crippen molar-refractivity contribution in [3.63, 3.8) is 0 Å². The van der Waals surface area contributed by atoms with E-state index in [2.05, 4.69) is 15.5 Å². The molecule has 0 spiro atoms. The first kappa shape index (κ1) is 19.3. The summed E-state index contributed by atoms with van der Waals surface area (Å²) in [7, 11) is 0. The third-order valence-corrected chi connectivity index (χ3v) is 5.86. The van der Waals surface area contributed by atoms with Crippen LogP contribution in [-0.2, 0) is 4.79 Å². The number of nitrogens with two attached hydrogens (primary N) is 1. The highest BCUT2D eigenvalue weighted by Gasteiger charge is 2.21. The molecule has 3 aromatic carbocycles. The van der Waals surface area contributed by atoms with Gasteiger partial charge in [0.15, 0.2) is 5.82 Å². The van der Waals surface area contributed by atoms with Gasteiger partial charge in [-0.25, -0.2) is 4.68 Å². The molecule has 146 valence electrons. The van der Waals surface area contributed by atoms with Crippen molar-refractivity contribution in [2.45, 2.75) is 17.3 Å². The van der Waals surface area contributed by atoms with Crippen molar-refractivity contribution >= 4 is 45.7 Å². The van der Waals surface area contributed by atoms with Gasteiger partial charge in [-0.05, 0) is 30.5 Å². The zero-order chi connectivity index (χ0) is 20.4. The Kier molecular flexibility index (Phi) is 5.42. The molecule has 4 rings (SSSR count). The smallest absolute Gasteiger partial charge is 0.237 e. The number of hydrogen-bond donors (Lipinski definition) is 2. The first-order chi connectivity index (χ1) is 14.0. The fourth-order valence-electron chi connectivity index (χ4n) is 2.96. The van der Waals surface area contributed by atoms with E-state index >= 15 is 0 Å². The second-order valence-electron chi connectivity index (χ2n) is 6.43. The number of rotatable bonds is 5. The number of amides is 1. The largest absolute Gasteiger partial charge is 0.335 e. The van der Waals surface area contributed by atoms with E-state index in [1.54, 1.807) is 13.0 Å². The van der Waals surface area contributed by atoms with Gasteiger partial charge in [-0.2, -0.15) is 0 Å². The van der Waals surface area contributed by atoms with Crippen molar-refractivity contribution in [2.24, 2.45) is 0 Å². The number of aromatic nitrogens is 3. The van der Waals surface area contributed by atoms with Gasteiger partial charge in [0, 0.05) is 16.6 Å². The molecule has 0 aliphatic carbocycles. The number of fused-ring (bicyclic) bond motifs is 1. The molecule has 6 nitrogen and oxygen atoms in total. The molecule has 1 atom stereocenters. The Labute approximate surface area is 177 Å². The van der Waals surface area contributed by atoms with Gasteiger partial charge in [0.25, 0.3) is 0 Å². The molecule has 0 bridgehead atoms. The lowest BCUT2D eigenvalue weighted by Crippen LogP contribution is -2.23. The summed E-state index contributed by atoms with van der Waals surface area (Å²) in [5.41, 5.74) is 1.45. The maximum Gasteiger partial charge on any atom is 0.237 e. The second kappa shape index (κ2) is 8.14. The highest BCUT2D eigenvalue weighted by atomic mass is 35.5. The van der Waals surface area contributed by atoms with Crippen molar-refractivity contribution in [3.05, 3.63) is 71.8 Å². The summed E-state index contributed by atoms with van der Waals surface area (Å²) in [5, 5.41) is 13.8. The van der Waals surface area contributed by atoms with E-state index in [0.717, 1.165) is 16.5 Å². The summed E-state index contributed by atoms with van der Waals surface area (Å²) in [6, 6.07) is 21.0. The topological polar surface area (TPSA) is 85.8 Å². The van der Waals surface area contributed by atoms with Gasteiger partial charge in [-0.15, -0.1) is 10.2 Å². The Morgan fingerprint density at radius 1 is 1.07 bits per heavy atom. The maximum atomic E-state index is 12.8. The predicted octanol–water partition coefficient (Wildman–Crippen LogP) is 4.58. The minimum atomic E-state index is -0.431. The molecule has 4 aromatic rings. The standard InChI is InChI=1S/C21H18ClN5OS/c1-13(20(28)24-18-12-6-8-14-7-2-3-9-15(14)18)29-21-26-25-19(27(21)23)16-10-4-5-11-17(16)22/h2-13H,23H2,1H3,(H,24,28). The molecule has 0 saturated heterocycles. The first-order valence-corrected chi connectivity index (χ1v) is 10.2. The number of nitrogens with one attached hydrogen (secondary N) is 1. The van der Waals surface area contributed by atoms with Crippen molar-refractivity contribution in [1.29, 1.82) is 0 Å². The minimum Gasteiger partial charge on any atom is -0.335 e. The van der Waals surface area contributed by atoms with Crippen molar-refractivity contribution in [3.8, 4) is 11.4 Å². The molecule has 1 aromatic heterocycles. The summed E-state index contributed by atoms with van der Waals surface area (Å²) >= 11 is 7.46. The maximum absolute atomic E-state index is 12.8. The second-order valence-corrected chi connectivity index (χ2v) is 8.15. The molecule has 0 radical (unpaired) electrons. The zero-order valence-corrected chi connectivity index (χ0v) is 17.1. The number of halogens is 1. The van der Waals surface area contributed by atoms with Crippen LogP contribution in [0.25, 0.3) is 22.2 Å². The Morgan fingerprint density at radius 3 is 2.62 bits per heavy atom. The number of anilines is 1. The molecule has 1 heterocycles. The van der Waals surface area contributed by atoms with Gasteiger partial charge in [0.05, 0.1) is 10.3 Å². The number of nitrogens with zero attached hydrogens (tertiary/aromatic N) is 3. The van der Waals surface area contributed by atoms with E-state index < -0.39 is 5.25 Å². The van der Waals surface area contributed by atoms with Gasteiger partial charge in [-0.3, -0.25) is 4.79 Å². The highest BCUT2D eigenvalue weighted by molar-refractivity contribution is 8.00. The van der Waals surface area contributed by atoms with Crippen molar-refractivity contribution in [2.75, 3.05) is 11.2 Å². The van der Waals surface area contributed by atoms with E-state index in [0.29, 0.717) is 21.6 Å². The number of hydrogen-bond acceptors (Lipinski definition) is 5. The summed E-state index contributed by atoms with van der Waals surface area (Å²) in [4.78, 5) is 12.8. The van der Waals surface area contributed by atoms with Crippen LogP contribution in [0.2, 0.25) is 5.02 Å². The summed E-state index contributed by atoms with van der Waals surface area (Å²) < 4.78 is 1.35. The third kappa shape index (κ3) is 3.92. The quantitative estimate of drug-likeness (QED) is 0.362. The van der Waals surface area contributed by atoms with Gasteiger partial charge in [0.2, 0.25) is 11.1 Å². The van der Waals surface area contributed by atoms with E-state index in [4.69, 9.17) is 17.4 Å². The van der Waals surface area contributed by atoms with E-state index in [-0.39, 0.29) is 5.91 Å². The van der Waals surface area contributed by atoms with Crippen LogP contribution in [0.4, 0.5) is 5.69 Å². The van der Waals surface area contributed by atoms with Crippen LogP contribution < -0.4 is 11.2 Å². The predicted molar refractivity (Wildman–Crippen MR) is 119 cm³/mol. The van der Waals surface area contributed by atoms with Crippen molar-refractivity contribution in [1.82, 2.24) is 14.9 Å². The lowest BCUT2D eigenvalue weighted by Gasteiger charge is -2.13. The Morgan fingerprint density at radius 2 is 1.79 bits per heavy atom. The third-order valence-electron chi connectivity index (χ3n) is 4.48. The van der Waals surface area contributed by atoms with E-state index in [1.807, 2.05) is 60.7 Å². The molecular formula is C21H18ClN5OS. The SMILES string of the molecule is CC(Sc1nnc(-c2ccccc2Cl)n1N)C(=O)Nc1cccc2ccccc12. The van der Waals surface area contributed by atoms with Gasteiger partial charge < -0.3 is 11.2 Å². The number of carbonyl (C=O) groups excluding carboxylic acids is 1. The molecule has 0 aliphatic heterocycles. The fourth-order valence-corrected chi connectivity index (χ4v) is 3.95. The first-order valence-electron chi connectivity index (χ1n) is 8.95. The van der Waals surface area contributed by atoms with Crippen LogP contribution in [0, 0.1) is 0 Å². The Balaban J connectivity index is 1.52. The lowest BCUT2D eigenvalue weighted by atomic mass is 10.1. The normalized spacial score (nSPS) is 12.1. The number of thioether (sulfide) groups is 1. The average molecular weight is 424 g/mol. The molecular weight excluding hydrogens is 406 g/mol. The number of benzene rings is 3. The highest BCUT2D eigenvalue weighted by Crippen LogP contribution is 2.30. The van der Waals surface area contributed by atoms with Gasteiger partial charge >= 0.3 is 0 Å². The lowest BCUT2D eigenvalue weighted by molar-refractivity contribution is -0.115. The van der Waals surface area contributed by atoms with Crippen LogP contribution in [0.15, 0.2) is 71.9 Å². The van der Waals surface area contributed by atoms with Crippen molar-refractivity contribution < 1.29 is 4.79 Å². The Hall–Kier alpha value is -3.03. The monoisotopic (exact) mass is 423 g/mol. The molecule has 8 heteroatoms. The summed E-state index contributed by atoms with van der Waals surface area (Å²) in [5.74, 6) is 6.46. The van der Waals surface area contributed by atoms with E-state index in [9.17, 15) is 4.79 Å². The van der Waals surface area contributed by atoms with Crippen LogP contribution in [-0.4, -0.2) is 26.0 Å². The molecule has 1 unspecified atom stereocenters. The molecule has 3 N–H and O–H groups in total. The van der Waals surface area contributed by atoms with Gasteiger partial charge in [0.1, 0.15) is 0 Å². The molecule has 0 fully saturated rings. The molecule has 0 aliphatic rings. The van der Waals surface area contributed by atoms with Crippen LogP contribution >= 0.6 is 23.4 Å². The number of nitrogen functional groups attached to an aromatic ring is 1. The zero-order valence-electron chi connectivity index (χ0n) is 15.5.